The molecule has 1 aliphatic carbocycles. The second-order valence-electron chi connectivity index (χ2n) is 5.62. The highest BCUT2D eigenvalue weighted by atomic mass is 16.5. The standard InChI is InChI=1S/C15H17NO4/c17-13(16-9-15(5-6-15)14(18)19)11-7-10-3-1-2-4-12(10)20-8-11/h1-4,11H,5-9H2,(H,16,17)(H,18,19). The highest BCUT2D eigenvalue weighted by molar-refractivity contribution is 5.82. The molecule has 2 N–H and O–H groups in total. The van der Waals surface area contributed by atoms with Crippen molar-refractivity contribution in [3.8, 4) is 5.75 Å². The molecule has 1 aliphatic heterocycles. The van der Waals surface area contributed by atoms with E-state index in [1.807, 2.05) is 24.3 Å². The molecule has 5 nitrogen and oxygen atoms in total. The quantitative estimate of drug-likeness (QED) is 0.866. The zero-order valence-electron chi connectivity index (χ0n) is 11.1. The molecule has 0 saturated heterocycles. The first-order chi connectivity index (χ1) is 9.61. The van der Waals surface area contributed by atoms with Crippen LogP contribution in [0.4, 0.5) is 0 Å². The maximum absolute atomic E-state index is 12.1. The Hall–Kier alpha value is -2.04. The summed E-state index contributed by atoms with van der Waals surface area (Å²) in [4.78, 5) is 23.2. The van der Waals surface area contributed by atoms with Crippen molar-refractivity contribution < 1.29 is 19.4 Å². The van der Waals surface area contributed by atoms with E-state index in [0.29, 0.717) is 25.9 Å². The van der Waals surface area contributed by atoms with E-state index in [-0.39, 0.29) is 18.4 Å². The minimum atomic E-state index is -0.817. The molecule has 1 atom stereocenters. The second-order valence-corrected chi connectivity index (χ2v) is 5.62. The summed E-state index contributed by atoms with van der Waals surface area (Å²) in [5.74, 6) is -0.342. The van der Waals surface area contributed by atoms with E-state index in [4.69, 9.17) is 9.84 Å². The van der Waals surface area contributed by atoms with Gasteiger partial charge in [-0.2, -0.15) is 0 Å². The number of carboxylic acid groups (broad SMARTS) is 1. The molecule has 0 spiro atoms. The minimum Gasteiger partial charge on any atom is -0.492 e. The van der Waals surface area contributed by atoms with E-state index in [0.717, 1.165) is 11.3 Å². The lowest BCUT2D eigenvalue weighted by molar-refractivity contribution is -0.143. The van der Waals surface area contributed by atoms with Crippen LogP contribution >= 0.6 is 0 Å². The van der Waals surface area contributed by atoms with E-state index in [1.54, 1.807) is 0 Å². The number of carboxylic acids is 1. The zero-order chi connectivity index (χ0) is 14.2. The first-order valence-corrected chi connectivity index (χ1v) is 6.82. The van der Waals surface area contributed by atoms with Gasteiger partial charge in [-0.15, -0.1) is 0 Å². The average molecular weight is 275 g/mol. The molecular weight excluding hydrogens is 258 g/mol. The monoisotopic (exact) mass is 275 g/mol. The fourth-order valence-electron chi connectivity index (χ4n) is 2.51. The Labute approximate surface area is 116 Å². The predicted octanol–water partition coefficient (Wildman–Crippen LogP) is 1.22. The summed E-state index contributed by atoms with van der Waals surface area (Å²) in [6.45, 7) is 0.572. The van der Waals surface area contributed by atoms with Crippen LogP contribution in [0, 0.1) is 11.3 Å². The van der Waals surface area contributed by atoms with Crippen LogP contribution in [0.25, 0.3) is 0 Å². The predicted molar refractivity (Wildman–Crippen MR) is 71.4 cm³/mol. The van der Waals surface area contributed by atoms with Crippen LogP contribution in [-0.4, -0.2) is 30.1 Å². The number of carbonyl (C=O) groups is 2. The second kappa shape index (κ2) is 4.81. The Morgan fingerprint density at radius 1 is 1.35 bits per heavy atom. The van der Waals surface area contributed by atoms with Crippen LogP contribution in [0.3, 0.4) is 0 Å². The van der Waals surface area contributed by atoms with Gasteiger partial charge in [-0.3, -0.25) is 9.59 Å². The molecule has 0 aromatic heterocycles. The molecule has 0 bridgehead atoms. The van der Waals surface area contributed by atoms with Gasteiger partial charge in [0.25, 0.3) is 0 Å². The van der Waals surface area contributed by atoms with Gasteiger partial charge in [0.15, 0.2) is 0 Å². The molecule has 3 rings (SSSR count). The lowest BCUT2D eigenvalue weighted by Gasteiger charge is -2.25. The average Bonchev–Trinajstić information content (AvgIpc) is 3.25. The normalized spacial score (nSPS) is 22.3. The molecule has 1 saturated carbocycles. The Morgan fingerprint density at radius 3 is 2.80 bits per heavy atom. The number of benzene rings is 1. The molecule has 2 aliphatic rings. The highest BCUT2D eigenvalue weighted by Gasteiger charge is 2.50. The number of para-hydroxylation sites is 1. The van der Waals surface area contributed by atoms with Crippen molar-refractivity contribution in [2.75, 3.05) is 13.2 Å². The van der Waals surface area contributed by atoms with Crippen molar-refractivity contribution >= 4 is 11.9 Å². The summed E-state index contributed by atoms with van der Waals surface area (Å²) in [5.41, 5.74) is 0.307. The lowest BCUT2D eigenvalue weighted by Crippen LogP contribution is -2.41. The molecule has 20 heavy (non-hydrogen) atoms. The summed E-state index contributed by atoms with van der Waals surface area (Å²) in [5, 5.41) is 11.8. The Bertz CT molecular complexity index is 551. The number of ether oxygens (including phenoxy) is 1. The SMILES string of the molecule is O=C(NCC1(C(=O)O)CC1)C1COc2ccccc2C1. The van der Waals surface area contributed by atoms with Gasteiger partial charge in [0, 0.05) is 6.54 Å². The molecule has 5 heteroatoms. The first kappa shape index (κ1) is 13.0. The van der Waals surface area contributed by atoms with Crippen molar-refractivity contribution in [2.45, 2.75) is 19.3 Å². The highest BCUT2D eigenvalue weighted by Crippen LogP contribution is 2.45. The van der Waals surface area contributed by atoms with Crippen molar-refractivity contribution in [1.82, 2.24) is 5.32 Å². The van der Waals surface area contributed by atoms with Crippen molar-refractivity contribution in [1.29, 1.82) is 0 Å². The molecule has 1 unspecified atom stereocenters. The largest absolute Gasteiger partial charge is 0.492 e. The topological polar surface area (TPSA) is 75.6 Å². The number of fused-ring (bicyclic) bond motifs is 1. The molecule has 1 aromatic rings. The third-order valence-corrected chi connectivity index (χ3v) is 4.16. The number of amides is 1. The number of carbonyl (C=O) groups excluding carboxylic acids is 1. The van der Waals surface area contributed by atoms with Crippen LogP contribution in [0.15, 0.2) is 24.3 Å². The van der Waals surface area contributed by atoms with Crippen molar-refractivity contribution in [2.24, 2.45) is 11.3 Å². The van der Waals surface area contributed by atoms with Crippen LogP contribution in [0.1, 0.15) is 18.4 Å². The molecule has 0 radical (unpaired) electrons. The van der Waals surface area contributed by atoms with Crippen LogP contribution in [0.2, 0.25) is 0 Å². The summed E-state index contributed by atoms with van der Waals surface area (Å²) < 4.78 is 5.58. The van der Waals surface area contributed by atoms with Gasteiger partial charge in [0.2, 0.25) is 5.91 Å². The summed E-state index contributed by atoms with van der Waals surface area (Å²) >= 11 is 0. The zero-order valence-corrected chi connectivity index (χ0v) is 11.1. The maximum Gasteiger partial charge on any atom is 0.311 e. The molecule has 1 amide bonds. The molecule has 1 heterocycles. The summed E-state index contributed by atoms with van der Waals surface area (Å²) in [7, 11) is 0. The van der Waals surface area contributed by atoms with Gasteiger partial charge in [-0.1, -0.05) is 18.2 Å². The van der Waals surface area contributed by atoms with E-state index in [9.17, 15) is 9.59 Å². The molecule has 1 fully saturated rings. The van der Waals surface area contributed by atoms with E-state index in [2.05, 4.69) is 5.32 Å². The Balaban J connectivity index is 1.58. The summed E-state index contributed by atoms with van der Waals surface area (Å²) in [6, 6.07) is 7.68. The smallest absolute Gasteiger partial charge is 0.311 e. The Morgan fingerprint density at radius 2 is 2.10 bits per heavy atom. The number of nitrogens with one attached hydrogen (secondary N) is 1. The Kier molecular flexibility index (Phi) is 3.12. The minimum absolute atomic E-state index is 0.118. The van der Waals surface area contributed by atoms with E-state index in [1.165, 1.54) is 0 Å². The van der Waals surface area contributed by atoms with Gasteiger partial charge in [-0.05, 0) is 30.9 Å². The third-order valence-electron chi connectivity index (χ3n) is 4.16. The van der Waals surface area contributed by atoms with E-state index < -0.39 is 11.4 Å². The summed E-state index contributed by atoms with van der Waals surface area (Å²) in [6.07, 6.45) is 1.93. The van der Waals surface area contributed by atoms with Gasteiger partial charge in [0.05, 0.1) is 11.3 Å². The molecule has 1 aromatic carbocycles. The van der Waals surface area contributed by atoms with Gasteiger partial charge in [0.1, 0.15) is 12.4 Å². The molecule has 106 valence electrons. The molecular formula is C15H17NO4. The van der Waals surface area contributed by atoms with Gasteiger partial charge in [-0.25, -0.2) is 0 Å². The number of aliphatic carboxylic acids is 1. The number of hydrogen-bond donors (Lipinski definition) is 2. The van der Waals surface area contributed by atoms with Gasteiger partial charge < -0.3 is 15.2 Å². The van der Waals surface area contributed by atoms with Crippen molar-refractivity contribution in [3.63, 3.8) is 0 Å². The van der Waals surface area contributed by atoms with Crippen LogP contribution < -0.4 is 10.1 Å². The fraction of sp³-hybridized carbons (Fsp3) is 0.467. The van der Waals surface area contributed by atoms with E-state index >= 15 is 0 Å². The fourth-order valence-corrected chi connectivity index (χ4v) is 2.51. The third kappa shape index (κ3) is 2.35. The van der Waals surface area contributed by atoms with Gasteiger partial charge >= 0.3 is 5.97 Å². The maximum atomic E-state index is 12.1. The van der Waals surface area contributed by atoms with Crippen LogP contribution in [-0.2, 0) is 16.0 Å². The number of hydrogen-bond acceptors (Lipinski definition) is 3. The lowest BCUT2D eigenvalue weighted by atomic mass is 9.95. The number of rotatable bonds is 4. The van der Waals surface area contributed by atoms with Crippen molar-refractivity contribution in [3.05, 3.63) is 29.8 Å². The van der Waals surface area contributed by atoms with Crippen LogP contribution in [0.5, 0.6) is 5.75 Å². The first-order valence-electron chi connectivity index (χ1n) is 6.82.